The summed E-state index contributed by atoms with van der Waals surface area (Å²) in [5.74, 6) is 0.0196. The van der Waals surface area contributed by atoms with Crippen molar-refractivity contribution in [2.45, 2.75) is 24.7 Å². The van der Waals surface area contributed by atoms with E-state index in [9.17, 15) is 13.2 Å². The highest BCUT2D eigenvalue weighted by Gasteiger charge is 2.27. The van der Waals surface area contributed by atoms with Crippen LogP contribution in [0.1, 0.15) is 28.8 Å². The number of carbonyl (C=O) groups excluding carboxylic acids is 1. The molecule has 1 aromatic carbocycles. The average Bonchev–Trinajstić information content (AvgIpc) is 2.26. The molecule has 80 valence electrons. The summed E-state index contributed by atoms with van der Waals surface area (Å²) < 4.78 is 23.8. The predicted molar refractivity (Wildman–Crippen MR) is 56.8 cm³/mol. The Labute approximate surface area is 89.0 Å². The molecule has 1 aliphatic heterocycles. The van der Waals surface area contributed by atoms with E-state index in [2.05, 4.69) is 0 Å². The van der Waals surface area contributed by atoms with Crippen molar-refractivity contribution in [3.05, 3.63) is 29.3 Å². The zero-order chi connectivity index (χ0) is 11.1. The molecule has 0 amide bonds. The molecule has 1 aromatic rings. The molecule has 1 aliphatic rings. The van der Waals surface area contributed by atoms with Crippen LogP contribution in [0.4, 0.5) is 0 Å². The van der Waals surface area contributed by atoms with Gasteiger partial charge in [0.2, 0.25) is 0 Å². The lowest BCUT2D eigenvalue weighted by Crippen LogP contribution is -2.09. The zero-order valence-electron chi connectivity index (χ0n) is 8.49. The van der Waals surface area contributed by atoms with Crippen LogP contribution in [0, 0.1) is 6.92 Å². The first kappa shape index (κ1) is 10.4. The molecule has 0 spiro atoms. The highest BCUT2D eigenvalue weighted by molar-refractivity contribution is 7.91. The van der Waals surface area contributed by atoms with Crippen molar-refractivity contribution < 1.29 is 13.2 Å². The van der Waals surface area contributed by atoms with Gasteiger partial charge in [0, 0.05) is 12.0 Å². The molecular weight excluding hydrogens is 212 g/mol. The highest BCUT2D eigenvalue weighted by atomic mass is 32.2. The quantitative estimate of drug-likeness (QED) is 0.674. The molecule has 0 saturated heterocycles. The Kier molecular flexibility index (Phi) is 2.38. The van der Waals surface area contributed by atoms with Crippen LogP contribution in [0.15, 0.2) is 23.1 Å². The fraction of sp³-hybridized carbons (Fsp3) is 0.364. The third kappa shape index (κ3) is 1.69. The fourth-order valence-electron chi connectivity index (χ4n) is 1.94. The Morgan fingerprint density at radius 2 is 2.00 bits per heavy atom. The first-order valence-corrected chi connectivity index (χ1v) is 6.53. The predicted octanol–water partition coefficient (Wildman–Crippen LogP) is 1.75. The number of carbonyl (C=O) groups is 1. The molecule has 0 unspecified atom stereocenters. The first-order chi connectivity index (χ1) is 7.02. The summed E-state index contributed by atoms with van der Waals surface area (Å²) in [5.41, 5.74) is 1.04. The van der Waals surface area contributed by atoms with Gasteiger partial charge in [-0.25, -0.2) is 8.42 Å². The van der Waals surface area contributed by atoms with Crippen molar-refractivity contribution in [2.24, 2.45) is 0 Å². The summed E-state index contributed by atoms with van der Waals surface area (Å²) in [5, 5.41) is 0. The average molecular weight is 224 g/mol. The van der Waals surface area contributed by atoms with Gasteiger partial charge >= 0.3 is 0 Å². The largest absolute Gasteiger partial charge is 0.294 e. The van der Waals surface area contributed by atoms with Crippen molar-refractivity contribution in [1.29, 1.82) is 0 Å². The Morgan fingerprint density at radius 3 is 2.73 bits per heavy atom. The Bertz CT molecular complexity index is 515. The van der Waals surface area contributed by atoms with Crippen LogP contribution in [0.3, 0.4) is 0 Å². The van der Waals surface area contributed by atoms with Crippen LogP contribution in [0.5, 0.6) is 0 Å². The third-order valence-corrected chi connectivity index (χ3v) is 4.63. The van der Waals surface area contributed by atoms with E-state index in [1.165, 1.54) is 0 Å². The molecule has 4 heteroatoms. The van der Waals surface area contributed by atoms with Gasteiger partial charge in [-0.3, -0.25) is 4.79 Å². The van der Waals surface area contributed by atoms with E-state index in [4.69, 9.17) is 0 Å². The minimum atomic E-state index is -3.26. The number of Topliss-reactive ketones (excluding diaryl/α,β-unsaturated/α-hetero) is 1. The summed E-state index contributed by atoms with van der Waals surface area (Å²) in [6.45, 7) is 1.73. The lowest BCUT2D eigenvalue weighted by molar-refractivity contribution is 0.0980. The number of hydrogen-bond donors (Lipinski definition) is 0. The van der Waals surface area contributed by atoms with E-state index >= 15 is 0 Å². The topological polar surface area (TPSA) is 51.2 Å². The Morgan fingerprint density at radius 1 is 1.27 bits per heavy atom. The summed E-state index contributed by atoms with van der Waals surface area (Å²) in [6.07, 6.45) is 0.755. The molecule has 0 radical (unpaired) electrons. The van der Waals surface area contributed by atoms with Gasteiger partial charge in [-0.15, -0.1) is 0 Å². The second-order valence-corrected chi connectivity index (χ2v) is 5.84. The number of sulfone groups is 1. The normalized spacial score (nSPS) is 19.4. The first-order valence-electron chi connectivity index (χ1n) is 4.88. The standard InChI is InChI=1S/C11H12O3S/c1-8-4-2-5-9-10(12)6-3-7-15(13,14)11(8)9/h2,4-5H,3,6-7H2,1H3. The summed E-state index contributed by atoms with van der Waals surface area (Å²) in [4.78, 5) is 11.9. The molecule has 0 fully saturated rings. The second-order valence-electron chi connectivity index (χ2n) is 3.80. The summed E-state index contributed by atoms with van der Waals surface area (Å²) >= 11 is 0. The molecule has 0 aliphatic carbocycles. The van der Waals surface area contributed by atoms with Gasteiger partial charge in [0.25, 0.3) is 0 Å². The van der Waals surface area contributed by atoms with Gasteiger partial charge in [-0.2, -0.15) is 0 Å². The minimum Gasteiger partial charge on any atom is -0.294 e. The number of fused-ring (bicyclic) bond motifs is 1. The summed E-state index contributed by atoms with van der Waals surface area (Å²) in [7, 11) is -3.26. The fourth-order valence-corrected chi connectivity index (χ4v) is 3.75. The third-order valence-electron chi connectivity index (χ3n) is 2.64. The molecular formula is C11H12O3S. The maximum atomic E-state index is 11.9. The second kappa shape index (κ2) is 3.45. The number of hydrogen-bond acceptors (Lipinski definition) is 3. The van der Waals surface area contributed by atoms with E-state index in [-0.39, 0.29) is 16.4 Å². The van der Waals surface area contributed by atoms with Crippen molar-refractivity contribution in [1.82, 2.24) is 0 Å². The molecule has 0 atom stereocenters. The van der Waals surface area contributed by atoms with E-state index in [1.807, 2.05) is 0 Å². The van der Waals surface area contributed by atoms with Crippen LogP contribution in [0.25, 0.3) is 0 Å². The van der Waals surface area contributed by atoms with E-state index in [1.54, 1.807) is 25.1 Å². The smallest absolute Gasteiger partial charge is 0.179 e. The SMILES string of the molecule is Cc1cccc2c1S(=O)(=O)CCCC2=O. The van der Waals surface area contributed by atoms with Gasteiger partial charge in [-0.1, -0.05) is 18.2 Å². The lowest BCUT2D eigenvalue weighted by atomic mass is 10.0. The van der Waals surface area contributed by atoms with Crippen molar-refractivity contribution in [3.63, 3.8) is 0 Å². The molecule has 1 heterocycles. The Balaban J connectivity index is 2.80. The lowest BCUT2D eigenvalue weighted by Gasteiger charge is -2.07. The molecule has 3 nitrogen and oxygen atoms in total. The number of ketones is 1. The van der Waals surface area contributed by atoms with Gasteiger partial charge in [0.05, 0.1) is 10.6 Å². The van der Waals surface area contributed by atoms with E-state index in [0.717, 1.165) is 0 Å². The van der Waals surface area contributed by atoms with Crippen molar-refractivity contribution in [3.8, 4) is 0 Å². The highest BCUT2D eigenvalue weighted by Crippen LogP contribution is 2.26. The zero-order valence-corrected chi connectivity index (χ0v) is 9.30. The summed E-state index contributed by atoms with van der Waals surface area (Å²) in [6, 6.07) is 5.06. The molecule has 15 heavy (non-hydrogen) atoms. The van der Waals surface area contributed by atoms with E-state index in [0.29, 0.717) is 24.0 Å². The number of rotatable bonds is 0. The van der Waals surface area contributed by atoms with Crippen LogP contribution >= 0.6 is 0 Å². The molecule has 0 N–H and O–H groups in total. The number of benzene rings is 1. The van der Waals surface area contributed by atoms with Crippen molar-refractivity contribution in [2.75, 3.05) is 5.75 Å². The monoisotopic (exact) mass is 224 g/mol. The van der Waals surface area contributed by atoms with Crippen LogP contribution in [-0.2, 0) is 9.84 Å². The van der Waals surface area contributed by atoms with Crippen molar-refractivity contribution >= 4 is 15.6 Å². The number of aryl methyl sites for hydroxylation is 1. The Hall–Kier alpha value is -1.16. The van der Waals surface area contributed by atoms with Gasteiger partial charge in [-0.05, 0) is 18.9 Å². The maximum Gasteiger partial charge on any atom is 0.179 e. The van der Waals surface area contributed by atoms with Gasteiger partial charge in [0.1, 0.15) is 0 Å². The molecule has 0 bridgehead atoms. The van der Waals surface area contributed by atoms with Gasteiger partial charge < -0.3 is 0 Å². The maximum absolute atomic E-state index is 11.9. The van der Waals surface area contributed by atoms with Crippen LogP contribution in [0.2, 0.25) is 0 Å². The molecule has 0 aromatic heterocycles. The minimum absolute atomic E-state index is 0.0604. The van der Waals surface area contributed by atoms with Crippen LogP contribution in [-0.4, -0.2) is 20.0 Å². The van der Waals surface area contributed by atoms with Gasteiger partial charge in [0.15, 0.2) is 15.6 Å². The molecule has 2 rings (SSSR count). The van der Waals surface area contributed by atoms with Crippen LogP contribution < -0.4 is 0 Å². The van der Waals surface area contributed by atoms with E-state index < -0.39 is 9.84 Å². The molecule has 0 saturated carbocycles.